The van der Waals surface area contributed by atoms with Gasteiger partial charge in [0, 0.05) is 5.75 Å². The van der Waals surface area contributed by atoms with Crippen LogP contribution < -0.4 is 0 Å². The summed E-state index contributed by atoms with van der Waals surface area (Å²) in [5.41, 5.74) is -0.807. The quantitative estimate of drug-likeness (QED) is 0.363. The second kappa shape index (κ2) is 2.87. The minimum absolute atomic E-state index is 0.309. The molecule has 0 rings (SSSR count). The predicted octanol–water partition coefficient (Wildman–Crippen LogP) is 0.603. The van der Waals surface area contributed by atoms with Crippen molar-refractivity contribution in [1.82, 2.24) is 0 Å². The molecular formula is C2H5OS2. The summed E-state index contributed by atoms with van der Waals surface area (Å²) >= 11 is 7.09. The lowest BCUT2D eigenvalue weighted by Gasteiger charge is -1.84. The van der Waals surface area contributed by atoms with Crippen LogP contribution in [0.15, 0.2) is 0 Å². The molecule has 0 saturated heterocycles. The molecule has 0 bridgehead atoms. The smallest absolute Gasteiger partial charge is 0.144 e. The first-order chi connectivity index (χ1) is 2.27. The molecule has 0 spiro atoms. The van der Waals surface area contributed by atoms with Crippen molar-refractivity contribution in [3.63, 3.8) is 0 Å². The standard InChI is InChI=1S/C2H5OS2/c3-2(5)1-4/h2,4-5H,1H2. The van der Waals surface area contributed by atoms with Gasteiger partial charge in [-0.25, -0.2) is 5.11 Å². The average Bonchev–Trinajstić information content (AvgIpc) is 1.38. The summed E-state index contributed by atoms with van der Waals surface area (Å²) in [6.07, 6.45) is 0. The average molecular weight is 109 g/mol. The van der Waals surface area contributed by atoms with E-state index in [2.05, 4.69) is 25.3 Å². The largest absolute Gasteiger partial charge is 0.221 e. The van der Waals surface area contributed by atoms with E-state index in [1.165, 1.54) is 0 Å². The lowest BCUT2D eigenvalue weighted by molar-refractivity contribution is 0.187. The molecule has 0 aliphatic carbocycles. The summed E-state index contributed by atoms with van der Waals surface area (Å²) in [5, 5.41) is 9.68. The summed E-state index contributed by atoms with van der Waals surface area (Å²) in [4.78, 5) is 0. The van der Waals surface area contributed by atoms with Crippen LogP contribution in [0, 0.1) is 0 Å². The maximum Gasteiger partial charge on any atom is 0.144 e. The van der Waals surface area contributed by atoms with Crippen molar-refractivity contribution in [2.45, 2.75) is 5.44 Å². The molecule has 3 heteroatoms. The van der Waals surface area contributed by atoms with E-state index in [9.17, 15) is 5.11 Å². The molecule has 5 heavy (non-hydrogen) atoms. The second-order valence-electron chi connectivity index (χ2n) is 0.637. The van der Waals surface area contributed by atoms with Gasteiger partial charge in [-0.3, -0.25) is 0 Å². The molecule has 0 fully saturated rings. The van der Waals surface area contributed by atoms with Gasteiger partial charge in [0.05, 0.1) is 0 Å². The van der Waals surface area contributed by atoms with Gasteiger partial charge >= 0.3 is 0 Å². The molecule has 1 atom stereocenters. The van der Waals surface area contributed by atoms with Crippen molar-refractivity contribution in [2.75, 3.05) is 5.75 Å². The summed E-state index contributed by atoms with van der Waals surface area (Å²) < 4.78 is 0. The highest BCUT2D eigenvalue weighted by Crippen LogP contribution is 1.89. The van der Waals surface area contributed by atoms with Gasteiger partial charge in [0.1, 0.15) is 5.44 Å². The van der Waals surface area contributed by atoms with Gasteiger partial charge in [0.15, 0.2) is 0 Å². The molecule has 1 nitrogen and oxygen atoms in total. The van der Waals surface area contributed by atoms with Gasteiger partial charge in [-0.2, -0.15) is 12.6 Å². The fraction of sp³-hybridized carbons (Fsp3) is 1.00. The van der Waals surface area contributed by atoms with E-state index in [-0.39, 0.29) is 0 Å². The fourth-order valence-corrected chi connectivity index (χ4v) is 0. The summed E-state index contributed by atoms with van der Waals surface area (Å²) in [6.45, 7) is 0. The van der Waals surface area contributed by atoms with E-state index >= 15 is 0 Å². The Bertz CT molecular complexity index is 21.6. The molecule has 0 saturated carbocycles. The molecule has 0 aromatic carbocycles. The maximum absolute atomic E-state index is 9.68. The van der Waals surface area contributed by atoms with E-state index in [1.807, 2.05) is 0 Å². The lowest BCUT2D eigenvalue weighted by Crippen LogP contribution is -1.91. The highest BCUT2D eigenvalue weighted by molar-refractivity contribution is 7.84. The first kappa shape index (κ1) is 5.66. The lowest BCUT2D eigenvalue weighted by atomic mass is 10.9. The molecule has 31 valence electrons. The van der Waals surface area contributed by atoms with E-state index in [1.54, 1.807) is 0 Å². The van der Waals surface area contributed by atoms with Gasteiger partial charge in [-0.1, -0.05) is 0 Å². The van der Waals surface area contributed by atoms with Crippen LogP contribution in [0.1, 0.15) is 0 Å². The molecular weight excluding hydrogens is 104 g/mol. The van der Waals surface area contributed by atoms with Crippen molar-refractivity contribution in [3.05, 3.63) is 0 Å². The fourth-order valence-electron chi connectivity index (χ4n) is 0. The van der Waals surface area contributed by atoms with E-state index in [4.69, 9.17) is 0 Å². The van der Waals surface area contributed by atoms with Crippen molar-refractivity contribution in [3.8, 4) is 0 Å². The molecule has 0 N–H and O–H groups in total. The first-order valence-electron chi connectivity index (χ1n) is 1.22. The summed E-state index contributed by atoms with van der Waals surface area (Å²) in [7, 11) is 0. The third-order valence-corrected chi connectivity index (χ3v) is 0.958. The Labute approximate surface area is 42.2 Å². The number of rotatable bonds is 1. The van der Waals surface area contributed by atoms with Crippen molar-refractivity contribution in [2.24, 2.45) is 0 Å². The van der Waals surface area contributed by atoms with Gasteiger partial charge in [-0.05, 0) is 0 Å². The third-order valence-electron chi connectivity index (χ3n) is 0.156. The Kier molecular flexibility index (Phi) is 3.25. The topological polar surface area (TPSA) is 19.9 Å². The van der Waals surface area contributed by atoms with Crippen molar-refractivity contribution in [1.29, 1.82) is 0 Å². The molecule has 1 radical (unpaired) electrons. The van der Waals surface area contributed by atoms with E-state index in [0.717, 1.165) is 0 Å². The minimum atomic E-state index is -0.807. The van der Waals surface area contributed by atoms with Crippen molar-refractivity contribution >= 4 is 25.3 Å². The summed E-state index contributed by atoms with van der Waals surface area (Å²) in [5.74, 6) is 0.309. The Morgan fingerprint density at radius 3 is 2.00 bits per heavy atom. The molecule has 0 aliphatic rings. The van der Waals surface area contributed by atoms with Crippen LogP contribution in [-0.4, -0.2) is 11.2 Å². The monoisotopic (exact) mass is 109 g/mol. The van der Waals surface area contributed by atoms with E-state index in [0.29, 0.717) is 5.75 Å². The van der Waals surface area contributed by atoms with Crippen LogP contribution >= 0.6 is 25.3 Å². The zero-order valence-corrected chi connectivity index (χ0v) is 4.38. The highest BCUT2D eigenvalue weighted by Gasteiger charge is 1.87. The zero-order chi connectivity index (χ0) is 4.28. The molecule has 0 heterocycles. The van der Waals surface area contributed by atoms with Crippen LogP contribution in [0.3, 0.4) is 0 Å². The third kappa shape index (κ3) is 4.66. The second-order valence-corrected chi connectivity index (χ2v) is 1.58. The van der Waals surface area contributed by atoms with Crippen LogP contribution in [0.25, 0.3) is 0 Å². The number of thiol groups is 2. The van der Waals surface area contributed by atoms with Gasteiger partial charge < -0.3 is 0 Å². The molecule has 0 amide bonds. The maximum atomic E-state index is 9.68. The number of hydrogen-bond donors (Lipinski definition) is 2. The molecule has 0 aromatic heterocycles. The van der Waals surface area contributed by atoms with Crippen molar-refractivity contribution < 1.29 is 5.11 Å². The Morgan fingerprint density at radius 2 is 2.00 bits per heavy atom. The minimum Gasteiger partial charge on any atom is -0.221 e. The Morgan fingerprint density at radius 1 is 1.80 bits per heavy atom. The summed E-state index contributed by atoms with van der Waals surface area (Å²) in [6, 6.07) is 0. The van der Waals surface area contributed by atoms with Crippen LogP contribution in [-0.2, 0) is 5.11 Å². The van der Waals surface area contributed by atoms with Crippen LogP contribution in [0.5, 0.6) is 0 Å². The van der Waals surface area contributed by atoms with Crippen LogP contribution in [0.2, 0.25) is 0 Å². The molecule has 1 unspecified atom stereocenters. The Hall–Kier alpha value is 0.660. The molecule has 0 aliphatic heterocycles. The van der Waals surface area contributed by atoms with Gasteiger partial charge in [0.25, 0.3) is 0 Å². The predicted molar refractivity (Wildman–Crippen MR) is 27.3 cm³/mol. The highest BCUT2D eigenvalue weighted by atomic mass is 32.1. The molecule has 0 aromatic rings. The van der Waals surface area contributed by atoms with Gasteiger partial charge in [-0.15, -0.1) is 12.6 Å². The van der Waals surface area contributed by atoms with E-state index < -0.39 is 5.44 Å². The Balaban J connectivity index is 2.54. The first-order valence-corrected chi connectivity index (χ1v) is 2.37. The van der Waals surface area contributed by atoms with Gasteiger partial charge in [0.2, 0.25) is 0 Å². The normalized spacial score (nSPS) is 15.0. The zero-order valence-electron chi connectivity index (χ0n) is 2.59. The SMILES string of the molecule is [O]C(S)CS. The number of hydrogen-bond acceptors (Lipinski definition) is 2. The van der Waals surface area contributed by atoms with Crippen LogP contribution in [0.4, 0.5) is 0 Å².